The molecule has 0 N–H and O–H groups in total. The van der Waals surface area contributed by atoms with Gasteiger partial charge in [0.1, 0.15) is 28.0 Å². The van der Waals surface area contributed by atoms with Crippen molar-refractivity contribution in [1.29, 1.82) is 5.26 Å². The van der Waals surface area contributed by atoms with Crippen LogP contribution in [0.15, 0.2) is 66.7 Å². The topological polar surface area (TPSA) is 99.3 Å². The average molecular weight is 569 g/mol. The zero-order valence-corrected chi connectivity index (χ0v) is 23.0. The Morgan fingerprint density at radius 1 is 1.17 bits per heavy atom. The summed E-state index contributed by atoms with van der Waals surface area (Å²) in [6.07, 6.45) is 1.76. The van der Waals surface area contributed by atoms with Crippen LogP contribution in [0.5, 0.6) is 5.88 Å². The first-order chi connectivity index (χ1) is 20.0. The highest BCUT2D eigenvalue weighted by Gasteiger charge is 2.24. The summed E-state index contributed by atoms with van der Waals surface area (Å²) >= 11 is 1.33. The monoisotopic (exact) mass is 568 g/mol. The lowest BCUT2D eigenvalue weighted by Gasteiger charge is -2.27. The van der Waals surface area contributed by atoms with Gasteiger partial charge in [0.05, 0.1) is 42.6 Å². The summed E-state index contributed by atoms with van der Waals surface area (Å²) in [6, 6.07) is 21.6. The number of nitriles is 1. The molecule has 1 atom stereocenters. The van der Waals surface area contributed by atoms with Crippen molar-refractivity contribution in [1.82, 2.24) is 14.5 Å². The Morgan fingerprint density at radius 3 is 2.71 bits per heavy atom. The standard InChI is InChI=1S/C31H25FN4O4S/c1-38-31(37)27-15-26-30(41-27)35-28(36(26)17-23-11-12-39-23)14-19-5-8-21(9-6-19)25-3-2-4-29(34-25)40-18-22-10-7-20(16-33)13-24(22)32/h2-10,13,15,23H,11-12,14,17-18H2,1H3. The van der Waals surface area contributed by atoms with Crippen LogP contribution in [0.1, 0.15) is 38.6 Å². The molecule has 2 aromatic carbocycles. The third kappa shape index (κ3) is 5.68. The van der Waals surface area contributed by atoms with E-state index in [0.717, 1.165) is 46.0 Å². The Labute approximate surface area is 239 Å². The number of hydrogen-bond donors (Lipinski definition) is 0. The van der Waals surface area contributed by atoms with Gasteiger partial charge in [-0.3, -0.25) is 0 Å². The van der Waals surface area contributed by atoms with Gasteiger partial charge in [-0.05, 0) is 36.2 Å². The lowest BCUT2D eigenvalue weighted by Crippen LogP contribution is -2.31. The van der Waals surface area contributed by atoms with Gasteiger partial charge in [0, 0.05) is 30.2 Å². The Kier molecular flexibility index (Phi) is 7.46. The maximum Gasteiger partial charge on any atom is 0.348 e. The normalized spacial score (nSPS) is 14.4. The van der Waals surface area contributed by atoms with Gasteiger partial charge in [-0.25, -0.2) is 19.2 Å². The van der Waals surface area contributed by atoms with Gasteiger partial charge in [0.25, 0.3) is 0 Å². The second kappa shape index (κ2) is 11.5. The molecule has 1 unspecified atom stereocenters. The highest BCUT2D eigenvalue weighted by molar-refractivity contribution is 7.20. The van der Waals surface area contributed by atoms with Crippen molar-refractivity contribution in [2.75, 3.05) is 13.7 Å². The number of carbonyl (C=O) groups is 1. The summed E-state index contributed by atoms with van der Waals surface area (Å²) in [5.41, 5.74) is 4.26. The molecule has 6 rings (SSSR count). The molecule has 1 aliphatic rings. The van der Waals surface area contributed by atoms with E-state index in [1.165, 1.54) is 24.5 Å². The molecule has 3 aromatic heterocycles. The first-order valence-corrected chi connectivity index (χ1v) is 13.9. The van der Waals surface area contributed by atoms with Gasteiger partial charge in [-0.1, -0.05) is 36.4 Å². The SMILES string of the molecule is COC(=O)c1cc2c(nc(Cc3ccc(-c4cccc(OCc5ccc(C#N)cc5F)n4)cc3)n2CC2CCO2)s1. The van der Waals surface area contributed by atoms with Gasteiger partial charge in [0.2, 0.25) is 5.88 Å². The molecule has 0 radical (unpaired) electrons. The van der Waals surface area contributed by atoms with Crippen molar-refractivity contribution >= 4 is 27.7 Å². The summed E-state index contributed by atoms with van der Waals surface area (Å²) in [4.78, 5) is 22.8. The van der Waals surface area contributed by atoms with Gasteiger partial charge >= 0.3 is 5.97 Å². The molecule has 1 fully saturated rings. The zero-order valence-electron chi connectivity index (χ0n) is 22.2. The van der Waals surface area contributed by atoms with Gasteiger partial charge < -0.3 is 18.8 Å². The van der Waals surface area contributed by atoms with E-state index in [9.17, 15) is 9.18 Å². The molecule has 8 nitrogen and oxygen atoms in total. The Bertz CT molecular complexity index is 1770. The molecule has 41 heavy (non-hydrogen) atoms. The number of thiophene rings is 1. The molecule has 0 saturated carbocycles. The van der Waals surface area contributed by atoms with E-state index in [0.29, 0.717) is 29.3 Å². The minimum absolute atomic E-state index is 0.00402. The number of benzene rings is 2. The maximum absolute atomic E-state index is 14.2. The number of halogens is 1. The minimum atomic E-state index is -0.486. The Hall–Kier alpha value is -4.59. The van der Waals surface area contributed by atoms with E-state index in [4.69, 9.17) is 24.5 Å². The number of imidazole rings is 1. The predicted molar refractivity (Wildman–Crippen MR) is 151 cm³/mol. The van der Waals surface area contributed by atoms with Crippen molar-refractivity contribution < 1.29 is 23.4 Å². The predicted octanol–water partition coefficient (Wildman–Crippen LogP) is 5.92. The van der Waals surface area contributed by atoms with Crippen molar-refractivity contribution in [2.45, 2.75) is 32.1 Å². The van der Waals surface area contributed by atoms with Crippen LogP contribution < -0.4 is 4.74 Å². The van der Waals surface area contributed by atoms with Crippen LogP contribution in [0.2, 0.25) is 0 Å². The molecule has 0 aliphatic carbocycles. The lowest BCUT2D eigenvalue weighted by atomic mass is 10.1. The van der Waals surface area contributed by atoms with Gasteiger partial charge in [0.15, 0.2) is 0 Å². The quantitative estimate of drug-likeness (QED) is 0.204. The summed E-state index contributed by atoms with van der Waals surface area (Å²) in [5, 5.41) is 8.92. The zero-order chi connectivity index (χ0) is 28.3. The molecular formula is C31H25FN4O4S. The number of esters is 1. The third-order valence-electron chi connectivity index (χ3n) is 6.99. The molecule has 5 aromatic rings. The summed E-state index contributed by atoms with van der Waals surface area (Å²) in [7, 11) is 1.38. The number of pyridine rings is 1. The highest BCUT2D eigenvalue weighted by Crippen LogP contribution is 2.30. The van der Waals surface area contributed by atoms with Crippen molar-refractivity contribution in [3.05, 3.63) is 99.9 Å². The number of aromatic nitrogens is 3. The Balaban J connectivity index is 1.18. The molecule has 0 spiro atoms. The van der Waals surface area contributed by atoms with Crippen LogP contribution in [0.4, 0.5) is 4.39 Å². The number of nitrogens with zero attached hydrogens (tertiary/aromatic N) is 4. The number of hydrogen-bond acceptors (Lipinski definition) is 8. The molecule has 1 saturated heterocycles. The van der Waals surface area contributed by atoms with E-state index >= 15 is 0 Å². The van der Waals surface area contributed by atoms with Crippen LogP contribution in [-0.4, -0.2) is 40.3 Å². The molecule has 4 heterocycles. The third-order valence-corrected chi connectivity index (χ3v) is 7.98. The average Bonchev–Trinajstić information content (AvgIpc) is 3.52. The van der Waals surface area contributed by atoms with E-state index < -0.39 is 5.82 Å². The molecular weight excluding hydrogens is 543 g/mol. The highest BCUT2D eigenvalue weighted by atomic mass is 32.1. The van der Waals surface area contributed by atoms with E-state index in [1.807, 2.05) is 48.5 Å². The molecule has 206 valence electrons. The van der Waals surface area contributed by atoms with Crippen LogP contribution in [-0.2, 0) is 29.0 Å². The van der Waals surface area contributed by atoms with E-state index in [1.54, 1.807) is 18.2 Å². The second-order valence-electron chi connectivity index (χ2n) is 9.65. The molecule has 0 amide bonds. The van der Waals surface area contributed by atoms with Crippen molar-refractivity contribution in [3.63, 3.8) is 0 Å². The smallest absolute Gasteiger partial charge is 0.348 e. The fourth-order valence-electron chi connectivity index (χ4n) is 4.65. The Morgan fingerprint density at radius 2 is 2.00 bits per heavy atom. The second-order valence-corrected chi connectivity index (χ2v) is 10.7. The maximum atomic E-state index is 14.2. The van der Waals surface area contributed by atoms with Crippen molar-refractivity contribution in [2.24, 2.45) is 0 Å². The first-order valence-electron chi connectivity index (χ1n) is 13.1. The van der Waals surface area contributed by atoms with E-state index in [-0.39, 0.29) is 24.2 Å². The molecule has 10 heteroatoms. The fraction of sp³-hybridized carbons (Fsp3) is 0.226. The van der Waals surface area contributed by atoms with Gasteiger partial charge in [-0.2, -0.15) is 5.26 Å². The number of rotatable bonds is 9. The van der Waals surface area contributed by atoms with E-state index in [2.05, 4.69) is 9.55 Å². The number of ether oxygens (including phenoxy) is 3. The van der Waals surface area contributed by atoms with Crippen LogP contribution >= 0.6 is 11.3 Å². The largest absolute Gasteiger partial charge is 0.473 e. The van der Waals surface area contributed by atoms with Crippen LogP contribution in [0.25, 0.3) is 21.6 Å². The molecule has 0 bridgehead atoms. The number of fused-ring (bicyclic) bond motifs is 1. The number of methoxy groups -OCH3 is 1. The summed E-state index contributed by atoms with van der Waals surface area (Å²) in [5.74, 6) is 0.443. The van der Waals surface area contributed by atoms with Gasteiger partial charge in [-0.15, -0.1) is 11.3 Å². The minimum Gasteiger partial charge on any atom is -0.473 e. The van der Waals surface area contributed by atoms with Crippen LogP contribution in [0.3, 0.4) is 0 Å². The first kappa shape index (κ1) is 26.6. The molecule has 1 aliphatic heterocycles. The van der Waals surface area contributed by atoms with Crippen molar-refractivity contribution in [3.8, 4) is 23.2 Å². The summed E-state index contributed by atoms with van der Waals surface area (Å²) < 4.78 is 32.7. The van der Waals surface area contributed by atoms with Crippen LogP contribution in [0, 0.1) is 17.1 Å². The summed E-state index contributed by atoms with van der Waals surface area (Å²) in [6.45, 7) is 1.46. The lowest BCUT2D eigenvalue weighted by molar-refractivity contribution is -0.0589. The fourth-order valence-corrected chi connectivity index (χ4v) is 5.62. The number of carbonyl (C=O) groups excluding carboxylic acids is 1.